The van der Waals surface area contributed by atoms with Crippen LogP contribution in [0.3, 0.4) is 0 Å². The second kappa shape index (κ2) is 6.54. The van der Waals surface area contributed by atoms with Crippen molar-refractivity contribution in [3.8, 4) is 10.6 Å². The molecule has 2 N–H and O–H groups in total. The predicted molar refractivity (Wildman–Crippen MR) is 72.0 cm³/mol. The van der Waals surface area contributed by atoms with E-state index in [4.69, 9.17) is 10.4 Å². The van der Waals surface area contributed by atoms with E-state index in [1.807, 2.05) is 0 Å². The highest BCUT2D eigenvalue weighted by molar-refractivity contribution is 7.15. The smallest absolute Gasteiger partial charge is 0.169 e. The zero-order valence-electron chi connectivity index (χ0n) is 11.4. The van der Waals surface area contributed by atoms with E-state index >= 15 is 0 Å². The third kappa shape index (κ3) is 3.60. The molecule has 0 atom stereocenters. The second-order valence-electron chi connectivity index (χ2n) is 4.42. The van der Waals surface area contributed by atoms with Crippen LogP contribution in [-0.2, 0) is 11.3 Å². The maximum absolute atomic E-state index is 13.9. The normalized spacial score (nSPS) is 11.4. The topological polar surface area (TPSA) is 65.8 Å². The van der Waals surface area contributed by atoms with E-state index in [1.165, 1.54) is 30.4 Å². The number of aromatic nitrogens is 1. The molecule has 1 aromatic carbocycles. The van der Waals surface area contributed by atoms with Gasteiger partial charge in [-0.25, -0.2) is 13.8 Å². The van der Waals surface area contributed by atoms with Crippen molar-refractivity contribution >= 4 is 11.3 Å². The molecule has 0 unspecified atom stereocenters. The number of nitrogens with zero attached hydrogens (tertiary/aromatic N) is 2. The zero-order valence-corrected chi connectivity index (χ0v) is 12.2. The largest absolute Gasteiger partial charge is 0.266 e. The van der Waals surface area contributed by atoms with Crippen LogP contribution in [0.5, 0.6) is 0 Å². The fourth-order valence-electron chi connectivity index (χ4n) is 1.81. The van der Waals surface area contributed by atoms with Crippen LogP contribution >= 0.6 is 11.3 Å². The molecule has 0 saturated heterocycles. The Balaban J connectivity index is 2.24. The van der Waals surface area contributed by atoms with Crippen molar-refractivity contribution in [1.29, 1.82) is 0 Å². The highest BCUT2D eigenvalue weighted by Crippen LogP contribution is 2.31. The van der Waals surface area contributed by atoms with Crippen molar-refractivity contribution in [2.75, 3.05) is 6.61 Å². The molecule has 1 aromatic heterocycles. The van der Waals surface area contributed by atoms with Crippen LogP contribution in [0.2, 0.25) is 0 Å². The van der Waals surface area contributed by atoms with Gasteiger partial charge in [-0.15, -0.1) is 11.3 Å². The molecule has 21 heavy (non-hydrogen) atoms. The molecular formula is C13H14F2N2O3S. The molecule has 0 aliphatic carbocycles. The van der Waals surface area contributed by atoms with Crippen LogP contribution in [-0.4, -0.2) is 27.4 Å². The molecule has 2 aromatic rings. The molecule has 0 aliphatic heterocycles. The molecule has 0 saturated carbocycles. The van der Waals surface area contributed by atoms with Gasteiger partial charge in [-0.1, -0.05) is 6.07 Å². The van der Waals surface area contributed by atoms with E-state index in [0.29, 0.717) is 17.1 Å². The van der Waals surface area contributed by atoms with E-state index < -0.39 is 11.6 Å². The molecule has 8 heteroatoms. The number of thiazole rings is 1. The Labute approximate surface area is 123 Å². The van der Waals surface area contributed by atoms with Gasteiger partial charge in [-0.3, -0.25) is 15.3 Å². The Morgan fingerprint density at radius 2 is 1.95 bits per heavy atom. The molecule has 0 amide bonds. The first-order chi connectivity index (χ1) is 9.90. The highest BCUT2D eigenvalue weighted by Gasteiger charge is 2.17. The van der Waals surface area contributed by atoms with Gasteiger partial charge in [0, 0.05) is 16.9 Å². The predicted octanol–water partition coefficient (Wildman–Crippen LogP) is 3.26. The van der Waals surface area contributed by atoms with Crippen molar-refractivity contribution in [3.05, 3.63) is 39.9 Å². The first kappa shape index (κ1) is 15.9. The summed E-state index contributed by atoms with van der Waals surface area (Å²) in [4.78, 5) is 9.49. The number of benzene rings is 1. The van der Waals surface area contributed by atoms with Crippen molar-refractivity contribution < 1.29 is 24.0 Å². The lowest BCUT2D eigenvalue weighted by molar-refractivity contribution is -0.492. The lowest BCUT2D eigenvalue weighted by atomic mass is 10.1. The summed E-state index contributed by atoms with van der Waals surface area (Å²) in [5.41, 5.74) is 1.02. The van der Waals surface area contributed by atoms with Gasteiger partial charge in [-0.2, -0.15) is 0 Å². The molecule has 5 nitrogen and oxygen atoms in total. The van der Waals surface area contributed by atoms with Gasteiger partial charge >= 0.3 is 0 Å². The van der Waals surface area contributed by atoms with E-state index in [-0.39, 0.29) is 23.1 Å². The average Bonchev–Trinajstić information content (AvgIpc) is 2.77. The molecule has 1 heterocycles. The van der Waals surface area contributed by atoms with E-state index in [2.05, 4.69) is 9.82 Å². The van der Waals surface area contributed by atoms with E-state index in [9.17, 15) is 8.78 Å². The van der Waals surface area contributed by atoms with Crippen molar-refractivity contribution in [2.24, 2.45) is 0 Å². The summed E-state index contributed by atoms with van der Waals surface area (Å²) in [5, 5.41) is 16.9. The van der Waals surface area contributed by atoms with Crippen LogP contribution < -0.4 is 0 Å². The summed E-state index contributed by atoms with van der Waals surface area (Å²) in [5.74, 6) is -1.79. The van der Waals surface area contributed by atoms with E-state index in [1.54, 1.807) is 6.92 Å². The molecular weight excluding hydrogens is 302 g/mol. The summed E-state index contributed by atoms with van der Waals surface area (Å²) in [7, 11) is 0. The van der Waals surface area contributed by atoms with Crippen LogP contribution in [0, 0.1) is 25.5 Å². The van der Waals surface area contributed by atoms with Crippen molar-refractivity contribution in [3.63, 3.8) is 0 Å². The molecule has 2 rings (SSSR count). The summed E-state index contributed by atoms with van der Waals surface area (Å²) in [6, 6.07) is 3.00. The molecule has 0 bridgehead atoms. The maximum atomic E-state index is 13.9. The lowest BCUT2D eigenvalue weighted by Gasteiger charge is -2.04. The Morgan fingerprint density at radius 3 is 2.62 bits per heavy atom. The zero-order chi connectivity index (χ0) is 15.6. The van der Waals surface area contributed by atoms with Gasteiger partial charge in [-0.05, 0) is 25.5 Å². The SMILES string of the molecule is Cc1ccc(-c2nc(C)c(CCON(O)O)s2)c(F)c1F. The Bertz CT molecular complexity index is 647. The fourth-order valence-corrected chi connectivity index (χ4v) is 2.87. The average molecular weight is 316 g/mol. The van der Waals surface area contributed by atoms with Gasteiger partial charge in [0.25, 0.3) is 0 Å². The molecule has 0 aliphatic rings. The maximum Gasteiger partial charge on any atom is 0.169 e. The lowest BCUT2D eigenvalue weighted by Crippen LogP contribution is -2.16. The summed E-state index contributed by atoms with van der Waals surface area (Å²) in [6.45, 7) is 3.27. The number of hydrogen-bond acceptors (Lipinski definition) is 6. The Kier molecular flexibility index (Phi) is 4.96. The van der Waals surface area contributed by atoms with Crippen LogP contribution in [0.25, 0.3) is 10.6 Å². The molecule has 0 radical (unpaired) electrons. The minimum Gasteiger partial charge on any atom is -0.266 e. The third-order valence-electron chi connectivity index (χ3n) is 2.93. The standard InChI is InChI=1S/C13H14F2N2O3S/c1-7-3-4-9(12(15)11(7)14)13-16-8(2)10(21-13)5-6-20-17(18)19/h3-4,18-19H,5-6H2,1-2H3. The quantitative estimate of drug-likeness (QED) is 0.829. The van der Waals surface area contributed by atoms with Gasteiger partial charge in [0.1, 0.15) is 5.01 Å². The van der Waals surface area contributed by atoms with Crippen LogP contribution in [0.1, 0.15) is 16.1 Å². The minimum absolute atomic E-state index is 0.0280. The van der Waals surface area contributed by atoms with Crippen LogP contribution in [0.15, 0.2) is 12.1 Å². The van der Waals surface area contributed by atoms with E-state index in [0.717, 1.165) is 4.88 Å². The first-order valence-electron chi connectivity index (χ1n) is 6.12. The van der Waals surface area contributed by atoms with Gasteiger partial charge in [0.2, 0.25) is 0 Å². The second-order valence-corrected chi connectivity index (χ2v) is 5.51. The van der Waals surface area contributed by atoms with Crippen molar-refractivity contribution in [1.82, 2.24) is 10.4 Å². The minimum atomic E-state index is -0.913. The number of rotatable bonds is 5. The Hall–Kier alpha value is -1.45. The number of hydrogen-bond donors (Lipinski definition) is 2. The first-order valence-corrected chi connectivity index (χ1v) is 6.94. The number of aryl methyl sites for hydroxylation is 2. The monoisotopic (exact) mass is 316 g/mol. The molecule has 114 valence electrons. The fraction of sp³-hybridized carbons (Fsp3) is 0.308. The Morgan fingerprint density at radius 1 is 1.24 bits per heavy atom. The molecule has 0 fully saturated rings. The van der Waals surface area contributed by atoms with Gasteiger partial charge in [0.05, 0.1) is 17.7 Å². The molecule has 0 spiro atoms. The van der Waals surface area contributed by atoms with Gasteiger partial charge < -0.3 is 0 Å². The number of halogens is 2. The van der Waals surface area contributed by atoms with Crippen molar-refractivity contribution in [2.45, 2.75) is 20.3 Å². The summed E-state index contributed by atoms with van der Waals surface area (Å²) >= 11 is 1.21. The van der Waals surface area contributed by atoms with Crippen LogP contribution in [0.4, 0.5) is 8.78 Å². The third-order valence-corrected chi connectivity index (χ3v) is 4.18. The summed E-state index contributed by atoms with van der Waals surface area (Å²) in [6.07, 6.45) is 0.372. The van der Waals surface area contributed by atoms with Gasteiger partial charge in [0.15, 0.2) is 11.6 Å². The highest BCUT2D eigenvalue weighted by atomic mass is 32.1. The summed E-state index contributed by atoms with van der Waals surface area (Å²) < 4.78 is 27.5.